The zero-order valence-electron chi connectivity index (χ0n) is 11.9. The molecule has 7 heteroatoms. The molecule has 0 bridgehead atoms. The van der Waals surface area contributed by atoms with Gasteiger partial charge >= 0.3 is 5.63 Å². The van der Waals surface area contributed by atoms with E-state index in [1.165, 1.54) is 13.2 Å². The number of nitrogens with one attached hydrogen (secondary N) is 1. The van der Waals surface area contributed by atoms with E-state index in [2.05, 4.69) is 5.32 Å². The summed E-state index contributed by atoms with van der Waals surface area (Å²) < 4.78 is 10.1. The number of carboxylic acid groups (broad SMARTS) is 1. The van der Waals surface area contributed by atoms with Crippen LogP contribution in [0.4, 0.5) is 0 Å². The molecule has 0 atom stereocenters. The van der Waals surface area contributed by atoms with Crippen LogP contribution in [0.3, 0.4) is 0 Å². The summed E-state index contributed by atoms with van der Waals surface area (Å²) in [5.41, 5.74) is 0.252. The number of carbonyl (C=O) groups is 2. The van der Waals surface area contributed by atoms with Crippen molar-refractivity contribution in [2.24, 2.45) is 0 Å². The topological polar surface area (TPSA) is 109 Å². The Bertz CT molecular complexity index is 764. The van der Waals surface area contributed by atoms with Gasteiger partial charge in [0.25, 0.3) is 0 Å². The van der Waals surface area contributed by atoms with Gasteiger partial charge in [0, 0.05) is 36.5 Å². The van der Waals surface area contributed by atoms with Crippen LogP contribution in [0.15, 0.2) is 33.5 Å². The van der Waals surface area contributed by atoms with Gasteiger partial charge in [-0.2, -0.15) is 0 Å². The van der Waals surface area contributed by atoms with Crippen LogP contribution < -0.4 is 20.8 Å². The Kier molecular flexibility index (Phi) is 4.77. The number of aliphatic carboxylic acids is 1. The zero-order chi connectivity index (χ0) is 16.1. The standard InChI is InChI=1S/C15H15NO6/c1-21-10-2-3-11-9(7-15(20)22-12(11)8-10)6-13(17)16-5-4-14(18)19/h2-3,7-8H,4-6H2,1H3,(H,16,17)(H,18,19)/p-1. The highest BCUT2D eigenvalue weighted by molar-refractivity contribution is 5.87. The predicted octanol–water partition coefficient (Wildman–Crippen LogP) is -0.400. The Morgan fingerprint density at radius 1 is 1.32 bits per heavy atom. The molecule has 7 nitrogen and oxygen atoms in total. The predicted molar refractivity (Wildman–Crippen MR) is 75.4 cm³/mol. The maximum absolute atomic E-state index is 11.8. The fraction of sp³-hybridized carbons (Fsp3) is 0.267. The maximum atomic E-state index is 11.8. The molecule has 0 aliphatic heterocycles. The molecule has 0 fully saturated rings. The first-order valence-corrected chi connectivity index (χ1v) is 6.57. The summed E-state index contributed by atoms with van der Waals surface area (Å²) in [6.07, 6.45) is -0.317. The average molecular weight is 304 g/mol. The molecule has 0 unspecified atom stereocenters. The number of hydrogen-bond acceptors (Lipinski definition) is 6. The lowest BCUT2D eigenvalue weighted by Crippen LogP contribution is -2.31. The minimum atomic E-state index is -1.24. The highest BCUT2D eigenvalue weighted by atomic mass is 16.5. The van der Waals surface area contributed by atoms with E-state index < -0.39 is 11.6 Å². The Morgan fingerprint density at radius 3 is 2.77 bits per heavy atom. The number of carboxylic acids is 1. The van der Waals surface area contributed by atoms with Crippen LogP contribution in [-0.2, 0) is 16.0 Å². The summed E-state index contributed by atoms with van der Waals surface area (Å²) in [4.78, 5) is 33.6. The number of hydrogen-bond donors (Lipinski definition) is 1. The van der Waals surface area contributed by atoms with Crippen LogP contribution in [0.1, 0.15) is 12.0 Å². The summed E-state index contributed by atoms with van der Waals surface area (Å²) in [5.74, 6) is -1.09. The molecule has 1 aromatic carbocycles. The summed E-state index contributed by atoms with van der Waals surface area (Å²) in [5, 5.41) is 13.4. The van der Waals surface area contributed by atoms with Crippen molar-refractivity contribution in [3.63, 3.8) is 0 Å². The molecule has 1 heterocycles. The summed E-state index contributed by atoms with van der Waals surface area (Å²) in [6, 6.07) is 6.20. The third-order valence-corrected chi connectivity index (χ3v) is 3.04. The van der Waals surface area contributed by atoms with Crippen molar-refractivity contribution in [3.05, 3.63) is 40.2 Å². The minimum absolute atomic E-state index is 0.0195. The quantitative estimate of drug-likeness (QED) is 0.727. The number of carbonyl (C=O) groups excluding carboxylic acids is 2. The van der Waals surface area contributed by atoms with Crippen molar-refractivity contribution in [1.29, 1.82) is 0 Å². The SMILES string of the molecule is COc1ccc2c(CC(=O)NCCC(=O)[O-])cc(=O)oc2c1. The molecule has 1 amide bonds. The van der Waals surface area contributed by atoms with Crippen LogP contribution in [0.2, 0.25) is 0 Å². The van der Waals surface area contributed by atoms with Crippen molar-refractivity contribution in [2.45, 2.75) is 12.8 Å². The van der Waals surface area contributed by atoms with Gasteiger partial charge in [-0.15, -0.1) is 0 Å². The van der Waals surface area contributed by atoms with E-state index >= 15 is 0 Å². The molecular weight excluding hydrogens is 290 g/mol. The van der Waals surface area contributed by atoms with Gasteiger partial charge < -0.3 is 24.4 Å². The first-order chi connectivity index (χ1) is 10.5. The molecule has 22 heavy (non-hydrogen) atoms. The maximum Gasteiger partial charge on any atom is 0.336 e. The molecule has 0 aliphatic carbocycles. The first kappa shape index (κ1) is 15.6. The van der Waals surface area contributed by atoms with Gasteiger partial charge in [-0.25, -0.2) is 4.79 Å². The van der Waals surface area contributed by atoms with Crippen molar-refractivity contribution >= 4 is 22.8 Å². The number of rotatable bonds is 6. The molecule has 0 spiro atoms. The molecular formula is C15H14NO6-. The number of amides is 1. The number of methoxy groups -OCH3 is 1. The normalized spacial score (nSPS) is 10.4. The van der Waals surface area contributed by atoms with E-state index in [1.807, 2.05) is 0 Å². The van der Waals surface area contributed by atoms with Gasteiger partial charge in [0.1, 0.15) is 11.3 Å². The van der Waals surface area contributed by atoms with Crippen molar-refractivity contribution in [2.75, 3.05) is 13.7 Å². The highest BCUT2D eigenvalue weighted by Crippen LogP contribution is 2.22. The molecule has 2 aromatic rings. The van der Waals surface area contributed by atoms with E-state index in [-0.39, 0.29) is 25.3 Å². The van der Waals surface area contributed by atoms with E-state index in [9.17, 15) is 19.5 Å². The van der Waals surface area contributed by atoms with Gasteiger partial charge in [-0.1, -0.05) is 0 Å². The second kappa shape index (κ2) is 6.75. The van der Waals surface area contributed by atoms with Crippen LogP contribution >= 0.6 is 0 Å². The smallest absolute Gasteiger partial charge is 0.336 e. The van der Waals surface area contributed by atoms with E-state index in [0.29, 0.717) is 22.3 Å². The fourth-order valence-corrected chi connectivity index (χ4v) is 2.02. The van der Waals surface area contributed by atoms with Gasteiger partial charge in [-0.05, 0) is 17.7 Å². The Morgan fingerprint density at radius 2 is 2.09 bits per heavy atom. The third kappa shape index (κ3) is 3.85. The van der Waals surface area contributed by atoms with Gasteiger partial charge in [0.2, 0.25) is 5.91 Å². The van der Waals surface area contributed by atoms with E-state index in [1.54, 1.807) is 18.2 Å². The molecule has 2 rings (SSSR count). The van der Waals surface area contributed by atoms with Crippen LogP contribution in [0.5, 0.6) is 5.75 Å². The van der Waals surface area contributed by atoms with Crippen molar-refractivity contribution in [3.8, 4) is 5.75 Å². The molecule has 0 aliphatic rings. The summed E-state index contributed by atoms with van der Waals surface area (Å²) in [6.45, 7) is -0.0195. The molecule has 1 aromatic heterocycles. The first-order valence-electron chi connectivity index (χ1n) is 6.57. The summed E-state index contributed by atoms with van der Waals surface area (Å²) >= 11 is 0. The van der Waals surface area contributed by atoms with Crippen LogP contribution in [-0.4, -0.2) is 25.5 Å². The number of ether oxygens (including phenoxy) is 1. The second-order valence-electron chi connectivity index (χ2n) is 4.60. The minimum Gasteiger partial charge on any atom is -0.550 e. The van der Waals surface area contributed by atoms with Crippen molar-refractivity contribution < 1.29 is 23.8 Å². The Balaban J connectivity index is 2.21. The van der Waals surface area contributed by atoms with Crippen molar-refractivity contribution in [1.82, 2.24) is 5.32 Å². The van der Waals surface area contributed by atoms with Crippen LogP contribution in [0, 0.1) is 0 Å². The lowest BCUT2D eigenvalue weighted by Gasteiger charge is -2.08. The molecule has 116 valence electrons. The molecule has 0 radical (unpaired) electrons. The lowest BCUT2D eigenvalue weighted by molar-refractivity contribution is -0.305. The summed E-state index contributed by atoms with van der Waals surface area (Å²) in [7, 11) is 1.49. The third-order valence-electron chi connectivity index (χ3n) is 3.04. The highest BCUT2D eigenvalue weighted by Gasteiger charge is 2.10. The van der Waals surface area contributed by atoms with Gasteiger partial charge in [0.05, 0.1) is 13.5 Å². The average Bonchev–Trinajstić information content (AvgIpc) is 2.45. The van der Waals surface area contributed by atoms with E-state index in [0.717, 1.165) is 0 Å². The monoisotopic (exact) mass is 304 g/mol. The lowest BCUT2D eigenvalue weighted by atomic mass is 10.1. The molecule has 0 saturated carbocycles. The van der Waals surface area contributed by atoms with Crippen LogP contribution in [0.25, 0.3) is 11.0 Å². The fourth-order valence-electron chi connectivity index (χ4n) is 2.02. The molecule has 1 N–H and O–H groups in total. The zero-order valence-corrected chi connectivity index (χ0v) is 11.9. The molecule has 0 saturated heterocycles. The number of benzene rings is 1. The van der Waals surface area contributed by atoms with Gasteiger partial charge in [0.15, 0.2) is 0 Å². The van der Waals surface area contributed by atoms with Gasteiger partial charge in [-0.3, -0.25) is 4.79 Å². The van der Waals surface area contributed by atoms with E-state index in [4.69, 9.17) is 9.15 Å². The Labute approximate surface area is 125 Å². The largest absolute Gasteiger partial charge is 0.550 e. The Hall–Kier alpha value is -2.83. The second-order valence-corrected chi connectivity index (χ2v) is 4.60. The number of fused-ring (bicyclic) bond motifs is 1.